The Morgan fingerprint density at radius 1 is 0.714 bits per heavy atom. The van der Waals surface area contributed by atoms with E-state index >= 15 is 0 Å². The lowest BCUT2D eigenvalue weighted by molar-refractivity contribution is 0.308. The Bertz CT molecular complexity index is 100. The first-order valence-corrected chi connectivity index (χ1v) is 6.53. The van der Waals surface area contributed by atoms with Gasteiger partial charge < -0.3 is 4.90 Å². The van der Waals surface area contributed by atoms with Crippen molar-refractivity contribution in [1.82, 2.24) is 4.90 Å². The van der Waals surface area contributed by atoms with E-state index in [2.05, 4.69) is 11.9 Å². The highest BCUT2D eigenvalue weighted by atomic mass is 15.1. The highest BCUT2D eigenvalue weighted by molar-refractivity contribution is 4.80. The molecule has 1 aliphatic carbocycles. The van der Waals surface area contributed by atoms with Gasteiger partial charge in [-0.2, -0.15) is 0 Å². The maximum atomic E-state index is 2.52. The van der Waals surface area contributed by atoms with Crippen LogP contribution in [0.5, 0.6) is 0 Å². The van der Waals surface area contributed by atoms with Crippen LogP contribution in [0, 0.1) is 11.8 Å². The Labute approximate surface area is 90.9 Å². The fourth-order valence-electron chi connectivity index (χ4n) is 2.55. The monoisotopic (exact) mass is 199 g/mol. The van der Waals surface area contributed by atoms with Crippen molar-refractivity contribution in [3.8, 4) is 0 Å². The van der Waals surface area contributed by atoms with Crippen molar-refractivity contribution in [1.29, 1.82) is 0 Å². The Kier molecular flexibility index (Phi) is 8.26. The zero-order chi connectivity index (χ0) is 11.0. The number of hydrogen-bond donors (Lipinski definition) is 0. The van der Waals surface area contributed by atoms with Crippen LogP contribution in [-0.4, -0.2) is 25.0 Å². The lowest BCUT2D eigenvalue weighted by atomic mass is 9.84. The zero-order valence-electron chi connectivity index (χ0n) is 10.8. The second-order valence-electron chi connectivity index (χ2n) is 4.11. The van der Waals surface area contributed by atoms with Crippen molar-refractivity contribution in [2.45, 2.75) is 53.4 Å². The predicted octanol–water partition coefficient (Wildman–Crippen LogP) is 3.79. The second-order valence-corrected chi connectivity index (χ2v) is 4.11. The molecule has 0 radical (unpaired) electrons. The van der Waals surface area contributed by atoms with E-state index in [0.717, 1.165) is 11.8 Å². The number of rotatable bonds is 0. The number of hydrogen-bond acceptors (Lipinski definition) is 1. The highest BCUT2D eigenvalue weighted by Gasteiger charge is 2.27. The van der Waals surface area contributed by atoms with Gasteiger partial charge in [-0.1, -0.05) is 27.7 Å². The van der Waals surface area contributed by atoms with Crippen LogP contribution in [0.15, 0.2) is 0 Å². The van der Waals surface area contributed by atoms with E-state index in [1.54, 1.807) is 0 Å². The van der Waals surface area contributed by atoms with Crippen LogP contribution in [0.1, 0.15) is 53.4 Å². The van der Waals surface area contributed by atoms with Crippen molar-refractivity contribution >= 4 is 0 Å². The Hall–Kier alpha value is -0.0400. The minimum Gasteiger partial charge on any atom is -0.306 e. The van der Waals surface area contributed by atoms with Gasteiger partial charge in [0.1, 0.15) is 0 Å². The molecule has 2 heterocycles. The van der Waals surface area contributed by atoms with Crippen LogP contribution in [0.3, 0.4) is 0 Å². The van der Waals surface area contributed by atoms with Gasteiger partial charge in [0.15, 0.2) is 0 Å². The summed E-state index contributed by atoms with van der Waals surface area (Å²) in [5, 5.41) is 0. The molecule has 3 rings (SSSR count). The van der Waals surface area contributed by atoms with E-state index in [1.807, 2.05) is 27.7 Å². The molecule has 0 amide bonds. The summed E-state index contributed by atoms with van der Waals surface area (Å²) >= 11 is 0. The summed E-state index contributed by atoms with van der Waals surface area (Å²) in [7, 11) is 2.27. The van der Waals surface area contributed by atoms with Crippen LogP contribution in [0.4, 0.5) is 0 Å². The molecule has 0 aromatic rings. The summed E-state index contributed by atoms with van der Waals surface area (Å²) in [6, 6.07) is 0. The van der Waals surface area contributed by atoms with E-state index < -0.39 is 0 Å². The molecule has 2 saturated heterocycles. The maximum Gasteiger partial charge on any atom is 0.000673 e. The van der Waals surface area contributed by atoms with Gasteiger partial charge >= 0.3 is 0 Å². The fourth-order valence-corrected chi connectivity index (χ4v) is 2.55. The van der Waals surface area contributed by atoms with Crippen molar-refractivity contribution in [2.24, 2.45) is 11.8 Å². The van der Waals surface area contributed by atoms with E-state index in [4.69, 9.17) is 0 Å². The summed E-state index contributed by atoms with van der Waals surface area (Å²) in [6.45, 7) is 10.7. The van der Waals surface area contributed by atoms with Crippen LogP contribution >= 0.6 is 0 Å². The van der Waals surface area contributed by atoms with Gasteiger partial charge in [0.05, 0.1) is 0 Å². The highest BCUT2D eigenvalue weighted by Crippen LogP contribution is 2.32. The van der Waals surface area contributed by atoms with Gasteiger partial charge in [-0.3, -0.25) is 0 Å². The van der Waals surface area contributed by atoms with Crippen molar-refractivity contribution < 1.29 is 0 Å². The summed E-state index contributed by atoms with van der Waals surface area (Å²) < 4.78 is 0. The molecule has 1 saturated carbocycles. The normalized spacial score (nSPS) is 30.6. The quantitative estimate of drug-likeness (QED) is 0.574. The fraction of sp³-hybridized carbons (Fsp3) is 1.00. The Morgan fingerprint density at radius 3 is 1.29 bits per heavy atom. The Balaban J connectivity index is 0.000000379. The largest absolute Gasteiger partial charge is 0.306 e. The molecule has 14 heavy (non-hydrogen) atoms. The van der Waals surface area contributed by atoms with Crippen molar-refractivity contribution in [3.63, 3.8) is 0 Å². The molecule has 2 aliphatic heterocycles. The molecular formula is C13H29N. The molecule has 3 aliphatic rings. The molecule has 0 atom stereocenters. The van der Waals surface area contributed by atoms with Gasteiger partial charge in [0.2, 0.25) is 0 Å². The lowest BCUT2D eigenvalue weighted by Crippen LogP contribution is -2.23. The Morgan fingerprint density at radius 2 is 1.00 bits per heavy atom. The summed E-state index contributed by atoms with van der Waals surface area (Å²) in [5.41, 5.74) is 0. The first-order valence-electron chi connectivity index (χ1n) is 6.53. The molecule has 1 heteroatoms. The van der Waals surface area contributed by atoms with Crippen LogP contribution < -0.4 is 0 Å². The minimum absolute atomic E-state index is 1.05. The second kappa shape index (κ2) is 8.28. The maximum absolute atomic E-state index is 2.52. The molecule has 2 bridgehead atoms. The lowest BCUT2D eigenvalue weighted by Gasteiger charge is -2.21. The van der Waals surface area contributed by atoms with E-state index in [1.165, 1.54) is 38.8 Å². The molecule has 0 aromatic carbocycles. The minimum atomic E-state index is 1.05. The molecule has 0 spiro atoms. The number of nitrogens with zero attached hydrogens (tertiary/aromatic N) is 1. The third-order valence-corrected chi connectivity index (χ3v) is 3.11. The van der Waals surface area contributed by atoms with Crippen LogP contribution in [0.25, 0.3) is 0 Å². The molecule has 86 valence electrons. The van der Waals surface area contributed by atoms with E-state index in [-0.39, 0.29) is 0 Å². The van der Waals surface area contributed by atoms with Gasteiger partial charge in [0.25, 0.3) is 0 Å². The SMILES string of the molecule is CC.CC.CN1CC2CCC(CC2)C1. The van der Waals surface area contributed by atoms with E-state index in [0.29, 0.717) is 0 Å². The standard InChI is InChI=1S/C9H17N.2C2H6/c1-10-6-8-2-3-9(7-10)5-4-8;2*1-2/h8-9H,2-7H2,1H3;2*1-2H3. The van der Waals surface area contributed by atoms with E-state index in [9.17, 15) is 0 Å². The van der Waals surface area contributed by atoms with Crippen LogP contribution in [-0.2, 0) is 0 Å². The van der Waals surface area contributed by atoms with Crippen molar-refractivity contribution in [3.05, 3.63) is 0 Å². The topological polar surface area (TPSA) is 3.24 Å². The van der Waals surface area contributed by atoms with Crippen LogP contribution in [0.2, 0.25) is 0 Å². The third-order valence-electron chi connectivity index (χ3n) is 3.11. The number of fused-ring (bicyclic) bond motifs is 4. The van der Waals surface area contributed by atoms with Gasteiger partial charge in [-0.05, 0) is 44.6 Å². The predicted molar refractivity (Wildman–Crippen MR) is 65.6 cm³/mol. The first-order chi connectivity index (χ1) is 6.84. The molecule has 1 nitrogen and oxygen atoms in total. The molecule has 0 aromatic heterocycles. The average molecular weight is 199 g/mol. The first kappa shape index (κ1) is 14.0. The third kappa shape index (κ3) is 4.45. The van der Waals surface area contributed by atoms with Crippen molar-refractivity contribution in [2.75, 3.05) is 20.1 Å². The van der Waals surface area contributed by atoms with Gasteiger partial charge in [-0.25, -0.2) is 0 Å². The summed E-state index contributed by atoms with van der Waals surface area (Å²) in [6.07, 6.45) is 6.04. The smallest absolute Gasteiger partial charge is 0.000673 e. The average Bonchev–Trinajstić information content (AvgIpc) is 2.54. The molecule has 0 unspecified atom stereocenters. The molecule has 3 fully saturated rings. The molecular weight excluding hydrogens is 170 g/mol. The van der Waals surface area contributed by atoms with Gasteiger partial charge in [-0.15, -0.1) is 0 Å². The molecule has 0 N–H and O–H groups in total. The van der Waals surface area contributed by atoms with Gasteiger partial charge in [0, 0.05) is 13.1 Å². The summed E-state index contributed by atoms with van der Waals surface area (Å²) in [5.74, 6) is 2.09. The summed E-state index contributed by atoms with van der Waals surface area (Å²) in [4.78, 5) is 2.52. The zero-order valence-corrected chi connectivity index (χ0v) is 10.8.